The number of carboxylic acid groups (broad SMARTS) is 1. The molecule has 0 saturated heterocycles. The van der Waals surface area contributed by atoms with Gasteiger partial charge in [0.25, 0.3) is 0 Å². The van der Waals surface area contributed by atoms with E-state index < -0.39 is 5.97 Å². The van der Waals surface area contributed by atoms with Crippen molar-refractivity contribution < 1.29 is 14.6 Å². The lowest BCUT2D eigenvalue weighted by molar-refractivity contribution is -0.143. The summed E-state index contributed by atoms with van der Waals surface area (Å²) < 4.78 is 5.68. The monoisotopic (exact) mass is 221 g/mol. The first-order valence-electron chi connectivity index (χ1n) is 5.56. The van der Waals surface area contributed by atoms with Crippen molar-refractivity contribution in [2.75, 3.05) is 0 Å². The molecular formula is C12H15NO3. The molecule has 1 aromatic rings. The lowest BCUT2D eigenvalue weighted by atomic mass is 9.87. The van der Waals surface area contributed by atoms with Crippen molar-refractivity contribution in [1.29, 1.82) is 0 Å². The highest BCUT2D eigenvalue weighted by atomic mass is 16.5. The molecule has 0 atom stereocenters. The van der Waals surface area contributed by atoms with Gasteiger partial charge in [-0.1, -0.05) is 6.07 Å². The summed E-state index contributed by atoms with van der Waals surface area (Å²) in [4.78, 5) is 14.9. The summed E-state index contributed by atoms with van der Waals surface area (Å²) in [6, 6.07) is 5.54. The first-order chi connectivity index (χ1) is 7.75. The molecule has 0 amide bonds. The van der Waals surface area contributed by atoms with Gasteiger partial charge in [0, 0.05) is 12.3 Å². The molecule has 1 fully saturated rings. The number of carbonyl (C=O) groups is 1. The minimum atomic E-state index is -0.684. The predicted octanol–water partition coefficient (Wildman–Crippen LogP) is 2.10. The summed E-state index contributed by atoms with van der Waals surface area (Å²) in [6.45, 7) is 0. The Kier molecular flexibility index (Phi) is 3.39. The van der Waals surface area contributed by atoms with Crippen molar-refractivity contribution in [1.82, 2.24) is 4.98 Å². The summed E-state index contributed by atoms with van der Waals surface area (Å²) in [7, 11) is 0. The average Bonchev–Trinajstić information content (AvgIpc) is 2.31. The van der Waals surface area contributed by atoms with Crippen molar-refractivity contribution in [2.45, 2.75) is 31.8 Å². The highest BCUT2D eigenvalue weighted by Crippen LogP contribution is 2.26. The van der Waals surface area contributed by atoms with E-state index in [0.717, 1.165) is 12.8 Å². The molecule has 4 heteroatoms. The first-order valence-corrected chi connectivity index (χ1v) is 5.56. The van der Waals surface area contributed by atoms with Gasteiger partial charge >= 0.3 is 5.97 Å². The van der Waals surface area contributed by atoms with Crippen LogP contribution in [0, 0.1) is 5.92 Å². The zero-order valence-electron chi connectivity index (χ0n) is 9.00. The highest BCUT2D eigenvalue weighted by molar-refractivity contribution is 5.70. The van der Waals surface area contributed by atoms with Gasteiger partial charge in [0.2, 0.25) is 5.88 Å². The molecule has 86 valence electrons. The highest BCUT2D eigenvalue weighted by Gasteiger charge is 2.26. The Morgan fingerprint density at radius 3 is 2.62 bits per heavy atom. The Labute approximate surface area is 94.3 Å². The van der Waals surface area contributed by atoms with Gasteiger partial charge in [-0.3, -0.25) is 4.79 Å². The number of pyridine rings is 1. The van der Waals surface area contributed by atoms with Gasteiger partial charge in [-0.15, -0.1) is 0 Å². The fourth-order valence-electron chi connectivity index (χ4n) is 2.02. The van der Waals surface area contributed by atoms with Crippen LogP contribution >= 0.6 is 0 Å². The van der Waals surface area contributed by atoms with Crippen molar-refractivity contribution in [2.24, 2.45) is 5.92 Å². The molecule has 1 aliphatic rings. The number of nitrogens with zero attached hydrogens (tertiary/aromatic N) is 1. The zero-order valence-corrected chi connectivity index (χ0v) is 9.00. The number of rotatable bonds is 3. The van der Waals surface area contributed by atoms with Crippen LogP contribution in [0.1, 0.15) is 25.7 Å². The third-order valence-corrected chi connectivity index (χ3v) is 2.95. The number of aliphatic carboxylic acids is 1. The lowest BCUT2D eigenvalue weighted by Gasteiger charge is -2.26. The van der Waals surface area contributed by atoms with Crippen LogP contribution in [-0.4, -0.2) is 22.2 Å². The van der Waals surface area contributed by atoms with E-state index in [4.69, 9.17) is 9.84 Å². The van der Waals surface area contributed by atoms with Crippen LogP contribution < -0.4 is 4.74 Å². The van der Waals surface area contributed by atoms with Crippen LogP contribution in [0.4, 0.5) is 0 Å². The van der Waals surface area contributed by atoms with Crippen molar-refractivity contribution in [3.63, 3.8) is 0 Å². The number of hydrogen-bond donors (Lipinski definition) is 1. The van der Waals surface area contributed by atoms with E-state index >= 15 is 0 Å². The van der Waals surface area contributed by atoms with Crippen LogP contribution in [0.5, 0.6) is 5.88 Å². The molecular weight excluding hydrogens is 206 g/mol. The van der Waals surface area contributed by atoms with Crippen LogP contribution in [0.3, 0.4) is 0 Å². The number of hydrogen-bond acceptors (Lipinski definition) is 3. The normalized spacial score (nSPS) is 25.0. The second-order valence-corrected chi connectivity index (χ2v) is 4.10. The van der Waals surface area contributed by atoms with E-state index in [1.807, 2.05) is 18.2 Å². The third kappa shape index (κ3) is 2.72. The molecule has 1 aromatic heterocycles. The fraction of sp³-hybridized carbons (Fsp3) is 0.500. The molecule has 0 spiro atoms. The summed E-state index contributed by atoms with van der Waals surface area (Å²) in [5.74, 6) is -0.249. The Bertz CT molecular complexity index is 345. The maximum absolute atomic E-state index is 10.8. The van der Waals surface area contributed by atoms with E-state index in [-0.39, 0.29) is 12.0 Å². The van der Waals surface area contributed by atoms with Gasteiger partial charge < -0.3 is 9.84 Å². The van der Waals surface area contributed by atoms with Gasteiger partial charge in [-0.25, -0.2) is 4.98 Å². The minimum absolute atomic E-state index is 0.116. The topological polar surface area (TPSA) is 59.4 Å². The third-order valence-electron chi connectivity index (χ3n) is 2.95. The van der Waals surface area contributed by atoms with E-state index in [9.17, 15) is 4.79 Å². The Hall–Kier alpha value is -1.58. The van der Waals surface area contributed by atoms with Crippen molar-refractivity contribution >= 4 is 5.97 Å². The molecule has 1 N–H and O–H groups in total. The molecule has 16 heavy (non-hydrogen) atoms. The molecule has 0 aliphatic heterocycles. The molecule has 1 heterocycles. The van der Waals surface area contributed by atoms with Gasteiger partial charge in [-0.05, 0) is 31.7 Å². The van der Waals surface area contributed by atoms with Crippen LogP contribution in [-0.2, 0) is 4.79 Å². The van der Waals surface area contributed by atoms with Crippen molar-refractivity contribution in [3.8, 4) is 5.88 Å². The summed E-state index contributed by atoms with van der Waals surface area (Å²) in [6.07, 6.45) is 4.81. The largest absolute Gasteiger partial charge is 0.481 e. The molecule has 1 aliphatic carbocycles. The Balaban J connectivity index is 1.84. The summed E-state index contributed by atoms with van der Waals surface area (Å²) in [5, 5.41) is 8.86. The fourth-order valence-corrected chi connectivity index (χ4v) is 2.02. The van der Waals surface area contributed by atoms with E-state index in [0.29, 0.717) is 18.7 Å². The van der Waals surface area contributed by atoms with Gasteiger partial charge in [0.05, 0.1) is 5.92 Å². The molecule has 0 radical (unpaired) electrons. The summed E-state index contributed by atoms with van der Waals surface area (Å²) >= 11 is 0. The van der Waals surface area contributed by atoms with Gasteiger partial charge in [0.1, 0.15) is 6.10 Å². The second-order valence-electron chi connectivity index (χ2n) is 4.10. The smallest absolute Gasteiger partial charge is 0.306 e. The maximum Gasteiger partial charge on any atom is 0.306 e. The number of carboxylic acids is 1. The number of aromatic nitrogens is 1. The SMILES string of the molecule is O=C(O)C1CCC(Oc2ccccn2)CC1. The quantitative estimate of drug-likeness (QED) is 0.849. The number of ether oxygens (including phenoxy) is 1. The summed E-state index contributed by atoms with van der Waals surface area (Å²) in [5.41, 5.74) is 0. The lowest BCUT2D eigenvalue weighted by Crippen LogP contribution is -2.28. The molecule has 0 aromatic carbocycles. The standard InChI is InChI=1S/C12H15NO3/c14-12(15)9-4-6-10(7-5-9)16-11-3-1-2-8-13-11/h1-3,8-10H,4-7H2,(H,14,15). The van der Waals surface area contributed by atoms with E-state index in [2.05, 4.69) is 4.98 Å². The van der Waals surface area contributed by atoms with Crippen molar-refractivity contribution in [3.05, 3.63) is 24.4 Å². The first kappa shape index (κ1) is 10.9. The molecule has 0 unspecified atom stereocenters. The average molecular weight is 221 g/mol. The molecule has 0 bridgehead atoms. The minimum Gasteiger partial charge on any atom is -0.481 e. The molecule has 4 nitrogen and oxygen atoms in total. The van der Waals surface area contributed by atoms with E-state index in [1.165, 1.54) is 0 Å². The van der Waals surface area contributed by atoms with Gasteiger partial charge in [0.15, 0.2) is 0 Å². The molecule has 2 rings (SSSR count). The zero-order chi connectivity index (χ0) is 11.4. The van der Waals surface area contributed by atoms with Crippen LogP contribution in [0.15, 0.2) is 24.4 Å². The molecule has 1 saturated carbocycles. The second kappa shape index (κ2) is 4.96. The van der Waals surface area contributed by atoms with E-state index in [1.54, 1.807) is 6.20 Å². The Morgan fingerprint density at radius 1 is 1.31 bits per heavy atom. The van der Waals surface area contributed by atoms with Gasteiger partial charge in [-0.2, -0.15) is 0 Å². The van der Waals surface area contributed by atoms with Crippen LogP contribution in [0.2, 0.25) is 0 Å². The predicted molar refractivity (Wildman–Crippen MR) is 58.2 cm³/mol. The van der Waals surface area contributed by atoms with Crippen LogP contribution in [0.25, 0.3) is 0 Å². The Morgan fingerprint density at radius 2 is 2.06 bits per heavy atom. The maximum atomic E-state index is 10.8.